The zero-order valence-corrected chi connectivity index (χ0v) is 24.0. The van der Waals surface area contributed by atoms with Gasteiger partial charge in [-0.25, -0.2) is 18.0 Å². The van der Waals surface area contributed by atoms with Gasteiger partial charge in [-0.2, -0.15) is 4.31 Å². The second kappa shape index (κ2) is 13.8. The predicted molar refractivity (Wildman–Crippen MR) is 144 cm³/mol. The minimum Gasteiger partial charge on any atom is -0.462 e. The molecule has 1 N–H and O–H groups in total. The van der Waals surface area contributed by atoms with Crippen molar-refractivity contribution in [3.05, 3.63) is 45.8 Å². The van der Waals surface area contributed by atoms with Crippen molar-refractivity contribution in [1.29, 1.82) is 0 Å². The van der Waals surface area contributed by atoms with Crippen LogP contribution >= 0.6 is 11.3 Å². The summed E-state index contributed by atoms with van der Waals surface area (Å²) >= 11 is 1.19. The largest absolute Gasteiger partial charge is 0.462 e. The number of nitrogens with one attached hydrogen (secondary N) is 1. The zero-order chi connectivity index (χ0) is 28.6. The zero-order valence-electron chi connectivity index (χ0n) is 22.4. The number of anilines is 1. The van der Waals surface area contributed by atoms with Gasteiger partial charge in [0.1, 0.15) is 5.00 Å². The van der Waals surface area contributed by atoms with Gasteiger partial charge in [-0.3, -0.25) is 4.79 Å². The number of carbonyl (C=O) groups excluding carboxylic acids is 3. The number of thiophene rings is 1. The van der Waals surface area contributed by atoms with Gasteiger partial charge in [-0.05, 0) is 43.2 Å². The second-order valence-corrected chi connectivity index (χ2v) is 11.5. The first-order valence-electron chi connectivity index (χ1n) is 12.2. The van der Waals surface area contributed by atoms with Gasteiger partial charge in [0.25, 0.3) is 5.91 Å². The normalized spacial score (nSPS) is 13.2. The Hall–Kier alpha value is -3.04. The lowest BCUT2D eigenvalue weighted by molar-refractivity contribution is 0.0526. The molecule has 0 radical (unpaired) electrons. The maximum Gasteiger partial charge on any atom is 0.409 e. The van der Waals surface area contributed by atoms with Crippen LogP contribution in [0.5, 0.6) is 0 Å². The first-order valence-corrected chi connectivity index (χ1v) is 14.5. The lowest BCUT2D eigenvalue weighted by Crippen LogP contribution is -2.36. The maximum absolute atomic E-state index is 13.1. The molecule has 0 saturated heterocycles. The molecule has 2 amide bonds. The molecule has 1 aliphatic rings. The molecule has 2 heterocycles. The van der Waals surface area contributed by atoms with Gasteiger partial charge in [0, 0.05) is 44.3 Å². The summed E-state index contributed by atoms with van der Waals surface area (Å²) in [5.74, 6) is -1.09. The van der Waals surface area contributed by atoms with Crippen LogP contribution in [0.3, 0.4) is 0 Å². The average Bonchev–Trinajstić information content (AvgIpc) is 3.29. The Bertz CT molecular complexity index is 1270. The monoisotopic (exact) mass is 583 g/mol. The Labute approximate surface area is 231 Å². The van der Waals surface area contributed by atoms with Crippen molar-refractivity contribution < 1.29 is 41.7 Å². The lowest BCUT2D eigenvalue weighted by Gasteiger charge is -2.25. The smallest absolute Gasteiger partial charge is 0.409 e. The predicted octanol–water partition coefficient (Wildman–Crippen LogP) is 2.59. The van der Waals surface area contributed by atoms with E-state index in [0.717, 1.165) is 10.4 Å². The summed E-state index contributed by atoms with van der Waals surface area (Å²) in [4.78, 5) is 40.2. The van der Waals surface area contributed by atoms with Crippen LogP contribution in [0, 0.1) is 0 Å². The molecule has 0 bridgehead atoms. The third-order valence-corrected chi connectivity index (χ3v) is 9.09. The highest BCUT2D eigenvalue weighted by atomic mass is 32.2. The minimum atomic E-state index is -3.85. The first kappa shape index (κ1) is 30.5. The third-order valence-electron chi connectivity index (χ3n) is 6.04. The Balaban J connectivity index is 1.84. The SMILES string of the molecule is CCOC(=O)c1c(NC(=O)c2ccc(S(=O)(=O)N(CCOC)CCOC)cc2)sc2c1CCN(C(=O)OC)C2. The number of amides is 2. The van der Waals surface area contributed by atoms with Gasteiger partial charge in [0.05, 0.1) is 43.9 Å². The molecule has 0 atom stereocenters. The van der Waals surface area contributed by atoms with Crippen molar-refractivity contribution in [2.45, 2.75) is 24.8 Å². The summed E-state index contributed by atoms with van der Waals surface area (Å²) in [6.07, 6.45) is -0.0736. The quantitative estimate of drug-likeness (QED) is 0.373. The number of nitrogens with zero attached hydrogens (tertiary/aromatic N) is 2. The van der Waals surface area contributed by atoms with E-state index < -0.39 is 28.0 Å². The van der Waals surface area contributed by atoms with Crippen molar-refractivity contribution in [3.8, 4) is 0 Å². The maximum atomic E-state index is 13.1. The molecule has 14 heteroatoms. The minimum absolute atomic E-state index is 0.0213. The molecule has 12 nitrogen and oxygen atoms in total. The third kappa shape index (κ3) is 7.13. The Morgan fingerprint density at radius 2 is 1.69 bits per heavy atom. The molecule has 1 aliphatic heterocycles. The van der Waals surface area contributed by atoms with E-state index in [-0.39, 0.29) is 55.5 Å². The van der Waals surface area contributed by atoms with E-state index in [1.54, 1.807) is 6.92 Å². The van der Waals surface area contributed by atoms with Crippen molar-refractivity contribution in [3.63, 3.8) is 0 Å². The van der Waals surface area contributed by atoms with Gasteiger partial charge in [0.2, 0.25) is 10.0 Å². The van der Waals surface area contributed by atoms with Crippen LogP contribution in [0.4, 0.5) is 9.80 Å². The van der Waals surface area contributed by atoms with Gasteiger partial charge in [0.15, 0.2) is 0 Å². The number of fused-ring (bicyclic) bond motifs is 1. The van der Waals surface area contributed by atoms with Gasteiger partial charge >= 0.3 is 12.1 Å². The fourth-order valence-corrected chi connectivity index (χ4v) is 6.69. The Kier molecular flexibility index (Phi) is 10.8. The van der Waals surface area contributed by atoms with Crippen LogP contribution in [-0.4, -0.2) is 96.4 Å². The number of esters is 1. The van der Waals surface area contributed by atoms with Crippen LogP contribution in [0.25, 0.3) is 0 Å². The molecule has 39 heavy (non-hydrogen) atoms. The average molecular weight is 584 g/mol. The fourth-order valence-electron chi connectivity index (χ4n) is 4.04. The molecule has 0 saturated carbocycles. The molecule has 214 valence electrons. The molecular weight excluding hydrogens is 550 g/mol. The Morgan fingerprint density at radius 3 is 2.26 bits per heavy atom. The highest BCUT2D eigenvalue weighted by Crippen LogP contribution is 2.38. The molecule has 3 rings (SSSR count). The number of benzene rings is 1. The Morgan fingerprint density at radius 1 is 1.05 bits per heavy atom. The van der Waals surface area contributed by atoms with Crippen LogP contribution in [-0.2, 0) is 41.9 Å². The summed E-state index contributed by atoms with van der Waals surface area (Å²) in [6.45, 7) is 3.18. The van der Waals surface area contributed by atoms with Crippen molar-refractivity contribution in [2.75, 3.05) is 66.1 Å². The van der Waals surface area contributed by atoms with E-state index in [1.807, 2.05) is 0 Å². The summed E-state index contributed by atoms with van der Waals surface area (Å²) in [5.41, 5.74) is 1.19. The molecule has 0 fully saturated rings. The van der Waals surface area contributed by atoms with Gasteiger partial charge < -0.3 is 29.2 Å². The topological polar surface area (TPSA) is 141 Å². The van der Waals surface area contributed by atoms with Crippen molar-refractivity contribution in [2.24, 2.45) is 0 Å². The summed E-state index contributed by atoms with van der Waals surface area (Å²) in [7, 11) is 0.427. The van der Waals surface area contributed by atoms with E-state index >= 15 is 0 Å². The second-order valence-electron chi connectivity index (χ2n) is 8.44. The molecular formula is C25H33N3O9S2. The molecule has 0 unspecified atom stereocenters. The van der Waals surface area contributed by atoms with Crippen LogP contribution in [0.15, 0.2) is 29.2 Å². The lowest BCUT2D eigenvalue weighted by atomic mass is 10.0. The van der Waals surface area contributed by atoms with E-state index in [2.05, 4.69) is 5.32 Å². The number of hydrogen-bond donors (Lipinski definition) is 1. The standard InChI is InChI=1S/C25H33N3O9S2/c1-5-37-24(30)21-19-10-11-27(25(31)36-4)16-20(19)38-23(21)26-22(29)17-6-8-18(9-7-17)39(32,33)28(12-14-34-2)13-15-35-3/h6-9H,5,10-16H2,1-4H3,(H,26,29). The summed E-state index contributed by atoms with van der Waals surface area (Å²) < 4.78 is 47.6. The van der Waals surface area contributed by atoms with Gasteiger partial charge in [-0.15, -0.1) is 11.3 Å². The number of hydrogen-bond acceptors (Lipinski definition) is 10. The fraction of sp³-hybridized carbons (Fsp3) is 0.480. The van der Waals surface area contributed by atoms with Crippen LogP contribution in [0.2, 0.25) is 0 Å². The highest BCUT2D eigenvalue weighted by molar-refractivity contribution is 7.89. The first-order chi connectivity index (χ1) is 18.7. The molecule has 2 aromatic rings. The van der Waals surface area contributed by atoms with E-state index in [1.165, 1.54) is 66.1 Å². The highest BCUT2D eigenvalue weighted by Gasteiger charge is 2.31. The molecule has 1 aromatic heterocycles. The van der Waals surface area contributed by atoms with Crippen molar-refractivity contribution >= 4 is 44.3 Å². The number of rotatable bonds is 12. The number of methoxy groups -OCH3 is 3. The molecule has 0 aliphatic carbocycles. The summed E-state index contributed by atoms with van der Waals surface area (Å²) in [5, 5.41) is 3.07. The summed E-state index contributed by atoms with van der Waals surface area (Å²) in [6, 6.07) is 5.53. The van der Waals surface area contributed by atoms with Gasteiger partial charge in [-0.1, -0.05) is 0 Å². The van der Waals surface area contributed by atoms with E-state index in [4.69, 9.17) is 18.9 Å². The molecule has 0 spiro atoms. The number of sulfonamides is 1. The molecule has 1 aromatic carbocycles. The van der Waals surface area contributed by atoms with Crippen LogP contribution in [0.1, 0.15) is 38.1 Å². The number of ether oxygens (including phenoxy) is 4. The van der Waals surface area contributed by atoms with Crippen molar-refractivity contribution in [1.82, 2.24) is 9.21 Å². The van der Waals surface area contributed by atoms with Crippen LogP contribution < -0.4 is 5.32 Å². The van der Waals surface area contributed by atoms with E-state index in [9.17, 15) is 22.8 Å². The van der Waals surface area contributed by atoms with E-state index in [0.29, 0.717) is 18.0 Å². The number of carbonyl (C=O) groups is 3.